The van der Waals surface area contributed by atoms with E-state index in [1.54, 1.807) is 54.6 Å². The number of carbonyl (C=O) groups excluding carboxylic acids is 3. The van der Waals surface area contributed by atoms with Gasteiger partial charge in [-0.2, -0.15) is 0 Å². The Labute approximate surface area is 211 Å². The fourth-order valence-electron chi connectivity index (χ4n) is 5.15. The summed E-state index contributed by atoms with van der Waals surface area (Å²) in [6.45, 7) is 7.67. The lowest BCUT2D eigenvalue weighted by Crippen LogP contribution is -2.46. The van der Waals surface area contributed by atoms with Crippen LogP contribution in [0.25, 0.3) is 4.85 Å². The maximum absolute atomic E-state index is 13.9. The molecule has 2 aliphatic heterocycles. The van der Waals surface area contributed by atoms with E-state index >= 15 is 0 Å². The molecule has 2 aliphatic rings. The zero-order chi connectivity index (χ0) is 26.2. The van der Waals surface area contributed by atoms with Crippen molar-refractivity contribution in [1.82, 2.24) is 4.90 Å². The van der Waals surface area contributed by atoms with Crippen molar-refractivity contribution in [1.29, 1.82) is 0 Å². The standard InChI is InChI=1S/C28H22F2N4O3/c1-31-24-15-28(22-9-5-6-10-23(22)33-27(28)37)16-34(24)26(36)21(11-17-7-3-2-4-8-17)25(35)32-20-13-18(29)12-19(30)14-20/h2-10,12-14,21,24H,11,15-16H2,(H,32,35)(H,33,37)/t21-,24+,28+/m1/s1. The maximum atomic E-state index is 13.9. The molecular weight excluding hydrogens is 478 g/mol. The van der Waals surface area contributed by atoms with Gasteiger partial charge in [-0.3, -0.25) is 24.1 Å². The second-order valence-electron chi connectivity index (χ2n) is 9.25. The highest BCUT2D eigenvalue weighted by atomic mass is 19.1. The van der Waals surface area contributed by atoms with Gasteiger partial charge in [0.1, 0.15) is 23.0 Å². The molecule has 5 rings (SSSR count). The molecule has 0 aromatic heterocycles. The van der Waals surface area contributed by atoms with Crippen molar-refractivity contribution in [3.8, 4) is 0 Å². The number of likely N-dealkylation sites (tertiary alicyclic amines) is 1. The third kappa shape index (κ3) is 4.42. The van der Waals surface area contributed by atoms with Crippen LogP contribution in [0.3, 0.4) is 0 Å². The molecule has 1 fully saturated rings. The minimum absolute atomic E-state index is 0.000305. The number of nitrogens with one attached hydrogen (secondary N) is 2. The van der Waals surface area contributed by atoms with Crippen LogP contribution < -0.4 is 10.6 Å². The summed E-state index contributed by atoms with van der Waals surface area (Å²) in [5.41, 5.74) is 0.817. The van der Waals surface area contributed by atoms with Crippen molar-refractivity contribution in [2.75, 3.05) is 17.2 Å². The van der Waals surface area contributed by atoms with Crippen LogP contribution in [0.4, 0.5) is 20.2 Å². The summed E-state index contributed by atoms with van der Waals surface area (Å²) in [6, 6.07) is 18.6. The first-order chi connectivity index (χ1) is 17.8. The van der Waals surface area contributed by atoms with Gasteiger partial charge >= 0.3 is 6.17 Å². The summed E-state index contributed by atoms with van der Waals surface area (Å²) >= 11 is 0. The SMILES string of the molecule is [C-]#[N+][C@@H]1C[C@@]2(CN1C(=O)[C@H](Cc1ccccc1)C(=O)Nc1cc(F)cc(F)c1)C(=O)Nc1ccccc12. The molecule has 0 radical (unpaired) electrons. The highest BCUT2D eigenvalue weighted by molar-refractivity contribution is 6.09. The predicted molar refractivity (Wildman–Crippen MR) is 132 cm³/mol. The van der Waals surface area contributed by atoms with E-state index in [4.69, 9.17) is 6.57 Å². The van der Waals surface area contributed by atoms with Gasteiger partial charge in [0.25, 0.3) is 0 Å². The van der Waals surface area contributed by atoms with Crippen molar-refractivity contribution in [2.45, 2.75) is 24.4 Å². The zero-order valence-electron chi connectivity index (χ0n) is 19.6. The van der Waals surface area contributed by atoms with E-state index in [2.05, 4.69) is 15.5 Å². The number of hydrogen-bond donors (Lipinski definition) is 2. The first kappa shape index (κ1) is 24.1. The molecule has 186 valence electrons. The van der Waals surface area contributed by atoms with Crippen molar-refractivity contribution >= 4 is 29.1 Å². The first-order valence-corrected chi connectivity index (χ1v) is 11.7. The quantitative estimate of drug-likeness (QED) is 0.408. The van der Waals surface area contributed by atoms with Crippen LogP contribution in [0.1, 0.15) is 17.5 Å². The number of rotatable bonds is 5. The number of anilines is 2. The van der Waals surface area contributed by atoms with Crippen LogP contribution >= 0.6 is 0 Å². The fraction of sp³-hybridized carbons (Fsp3) is 0.214. The number of hydrogen-bond acceptors (Lipinski definition) is 3. The highest BCUT2D eigenvalue weighted by Crippen LogP contribution is 2.47. The third-order valence-electron chi connectivity index (χ3n) is 6.92. The molecule has 1 saturated heterocycles. The lowest BCUT2D eigenvalue weighted by Gasteiger charge is -2.25. The Balaban J connectivity index is 1.47. The molecule has 3 aromatic carbocycles. The molecule has 0 aliphatic carbocycles. The third-order valence-corrected chi connectivity index (χ3v) is 6.92. The molecule has 0 bridgehead atoms. The summed E-state index contributed by atoms with van der Waals surface area (Å²) in [5, 5.41) is 5.28. The average Bonchev–Trinajstić information content (AvgIpc) is 3.40. The molecule has 0 unspecified atom stereocenters. The Kier molecular flexibility index (Phi) is 6.17. The monoisotopic (exact) mass is 500 g/mol. The van der Waals surface area contributed by atoms with Crippen LogP contribution in [-0.2, 0) is 26.2 Å². The second kappa shape index (κ2) is 9.47. The van der Waals surface area contributed by atoms with Crippen LogP contribution in [0.2, 0.25) is 0 Å². The number of halogens is 2. The molecular formula is C28H22F2N4O3. The van der Waals surface area contributed by atoms with Gasteiger partial charge in [-0.1, -0.05) is 48.5 Å². The molecule has 1 spiro atoms. The molecule has 7 nitrogen and oxygen atoms in total. The first-order valence-electron chi connectivity index (χ1n) is 11.7. The second-order valence-corrected chi connectivity index (χ2v) is 9.25. The minimum atomic E-state index is -1.30. The van der Waals surface area contributed by atoms with Crippen molar-refractivity contribution in [2.24, 2.45) is 5.92 Å². The fourth-order valence-corrected chi connectivity index (χ4v) is 5.15. The molecule has 2 heterocycles. The van der Waals surface area contributed by atoms with Gasteiger partial charge in [0.2, 0.25) is 17.7 Å². The van der Waals surface area contributed by atoms with Gasteiger partial charge in [0.05, 0.1) is 6.42 Å². The van der Waals surface area contributed by atoms with E-state index in [9.17, 15) is 23.2 Å². The summed E-state index contributed by atoms with van der Waals surface area (Å²) in [5.74, 6) is -4.73. The largest absolute Gasteiger partial charge is 0.325 e. The maximum Gasteiger partial charge on any atom is 0.302 e. The smallest absolute Gasteiger partial charge is 0.302 e. The minimum Gasteiger partial charge on any atom is -0.325 e. The molecule has 2 N–H and O–H groups in total. The van der Waals surface area contributed by atoms with E-state index in [0.29, 0.717) is 22.9 Å². The molecule has 3 amide bonds. The lowest BCUT2D eigenvalue weighted by atomic mass is 9.80. The van der Waals surface area contributed by atoms with Crippen LogP contribution in [0.5, 0.6) is 0 Å². The van der Waals surface area contributed by atoms with Crippen molar-refractivity contribution in [3.05, 3.63) is 107 Å². The number of carbonyl (C=O) groups is 3. The Morgan fingerprint density at radius 3 is 2.46 bits per heavy atom. The van der Waals surface area contributed by atoms with Crippen molar-refractivity contribution < 1.29 is 23.2 Å². The van der Waals surface area contributed by atoms with Gasteiger partial charge in [0.15, 0.2) is 0 Å². The van der Waals surface area contributed by atoms with Gasteiger partial charge in [-0.15, -0.1) is 0 Å². The van der Waals surface area contributed by atoms with E-state index in [0.717, 1.165) is 12.1 Å². The van der Waals surface area contributed by atoms with E-state index < -0.39 is 40.9 Å². The number of fused-ring (bicyclic) bond motifs is 2. The van der Waals surface area contributed by atoms with Crippen LogP contribution in [0.15, 0.2) is 72.8 Å². The predicted octanol–water partition coefficient (Wildman–Crippen LogP) is 4.13. The number of nitrogens with zero attached hydrogens (tertiary/aromatic N) is 2. The molecule has 0 saturated carbocycles. The Hall–Kier alpha value is -4.58. The zero-order valence-corrected chi connectivity index (χ0v) is 19.6. The van der Waals surface area contributed by atoms with Crippen LogP contribution in [0, 0.1) is 24.1 Å². The molecule has 9 heteroatoms. The van der Waals surface area contributed by atoms with Gasteiger partial charge in [-0.05, 0) is 35.7 Å². The summed E-state index contributed by atoms with van der Waals surface area (Å²) in [4.78, 5) is 45.2. The summed E-state index contributed by atoms with van der Waals surface area (Å²) in [7, 11) is 0. The van der Waals surface area contributed by atoms with E-state index in [-0.39, 0.29) is 31.0 Å². The molecule has 3 aromatic rings. The summed E-state index contributed by atoms with van der Waals surface area (Å²) < 4.78 is 27.4. The van der Waals surface area contributed by atoms with Gasteiger partial charge in [0, 0.05) is 24.0 Å². The normalized spacial score (nSPS) is 20.7. The van der Waals surface area contributed by atoms with E-state index in [1.807, 2.05) is 0 Å². The number of amides is 3. The van der Waals surface area contributed by atoms with Crippen molar-refractivity contribution in [3.63, 3.8) is 0 Å². The average molecular weight is 501 g/mol. The molecule has 37 heavy (non-hydrogen) atoms. The highest BCUT2D eigenvalue weighted by Gasteiger charge is 2.59. The van der Waals surface area contributed by atoms with Crippen LogP contribution in [-0.4, -0.2) is 35.3 Å². The number of benzene rings is 3. The Morgan fingerprint density at radius 1 is 1.08 bits per heavy atom. The van der Waals surface area contributed by atoms with Gasteiger partial charge in [-0.25, -0.2) is 15.4 Å². The van der Waals surface area contributed by atoms with Gasteiger partial charge < -0.3 is 10.6 Å². The molecule has 3 atom stereocenters. The Morgan fingerprint density at radius 2 is 1.76 bits per heavy atom. The lowest BCUT2D eigenvalue weighted by molar-refractivity contribution is -0.140. The number of para-hydroxylation sites is 1. The summed E-state index contributed by atoms with van der Waals surface area (Å²) in [6.07, 6.45) is -0.859. The topological polar surface area (TPSA) is 82.9 Å². The Bertz CT molecular complexity index is 1420. The van der Waals surface area contributed by atoms with E-state index in [1.165, 1.54) is 4.90 Å².